The van der Waals surface area contributed by atoms with E-state index in [9.17, 15) is 4.79 Å². The Morgan fingerprint density at radius 1 is 1.15 bits per heavy atom. The number of hydrogen-bond donors (Lipinski definition) is 1. The average Bonchev–Trinajstić information content (AvgIpc) is 3.13. The van der Waals surface area contributed by atoms with Crippen LogP contribution in [-0.4, -0.2) is 38.4 Å². The number of carbonyl (C=O) groups is 1. The molecule has 2 atom stereocenters. The summed E-state index contributed by atoms with van der Waals surface area (Å²) in [5.41, 5.74) is 4.46. The van der Waals surface area contributed by atoms with Crippen LogP contribution in [0.5, 0.6) is 0 Å². The minimum atomic E-state index is -0.0936. The number of carbonyl (C=O) groups excluding carboxylic acids is 1. The van der Waals surface area contributed by atoms with Gasteiger partial charge in [-0.2, -0.15) is 0 Å². The van der Waals surface area contributed by atoms with Crippen molar-refractivity contribution in [1.82, 2.24) is 5.32 Å². The molecule has 26 heavy (non-hydrogen) atoms. The molecule has 0 aromatic heterocycles. The van der Waals surface area contributed by atoms with Gasteiger partial charge in [0.15, 0.2) is 0 Å². The van der Waals surface area contributed by atoms with Gasteiger partial charge in [-0.05, 0) is 35.7 Å². The first kappa shape index (κ1) is 17.1. The smallest absolute Gasteiger partial charge is 0.251 e. The van der Waals surface area contributed by atoms with Gasteiger partial charge < -0.3 is 19.7 Å². The number of rotatable bonds is 4. The average molecular weight is 352 g/mol. The van der Waals surface area contributed by atoms with Crippen LogP contribution >= 0.6 is 0 Å². The molecule has 0 unspecified atom stereocenters. The number of nitrogens with one attached hydrogen (secondary N) is 1. The summed E-state index contributed by atoms with van der Waals surface area (Å²) in [6.07, 6.45) is 0.676. The Hall–Kier alpha value is -2.37. The number of methoxy groups -OCH3 is 1. The lowest BCUT2D eigenvalue weighted by atomic mass is 10.1. The highest BCUT2D eigenvalue weighted by atomic mass is 16.5. The number of fused-ring (bicyclic) bond motifs is 1. The molecule has 5 heteroatoms. The summed E-state index contributed by atoms with van der Waals surface area (Å²) in [4.78, 5) is 15.0. The zero-order valence-electron chi connectivity index (χ0n) is 15.0. The number of benzene rings is 2. The molecule has 0 radical (unpaired) electrons. The minimum Gasteiger partial charge on any atom is -0.379 e. The molecule has 2 aliphatic heterocycles. The van der Waals surface area contributed by atoms with Crippen LogP contribution in [0, 0.1) is 0 Å². The first-order valence-corrected chi connectivity index (χ1v) is 9.08. The Kier molecular flexibility index (Phi) is 4.91. The van der Waals surface area contributed by atoms with Crippen molar-refractivity contribution in [1.29, 1.82) is 0 Å². The number of ether oxygens (including phenoxy) is 2. The Morgan fingerprint density at radius 3 is 2.65 bits per heavy atom. The molecule has 0 saturated carbocycles. The third-order valence-electron chi connectivity index (χ3n) is 5.24. The molecule has 0 bridgehead atoms. The van der Waals surface area contributed by atoms with Gasteiger partial charge in [-0.3, -0.25) is 4.79 Å². The van der Waals surface area contributed by atoms with Crippen LogP contribution < -0.4 is 10.2 Å². The van der Waals surface area contributed by atoms with Gasteiger partial charge >= 0.3 is 0 Å². The van der Waals surface area contributed by atoms with Crippen molar-refractivity contribution in [3.8, 4) is 0 Å². The summed E-state index contributed by atoms with van der Waals surface area (Å²) >= 11 is 0. The molecule has 2 aliphatic rings. The van der Waals surface area contributed by atoms with E-state index in [0.717, 1.165) is 25.2 Å². The van der Waals surface area contributed by atoms with E-state index in [1.54, 1.807) is 7.11 Å². The zero-order chi connectivity index (χ0) is 17.9. The quantitative estimate of drug-likeness (QED) is 0.919. The van der Waals surface area contributed by atoms with Gasteiger partial charge in [-0.15, -0.1) is 0 Å². The predicted octanol–water partition coefficient (Wildman–Crippen LogP) is 2.74. The highest BCUT2D eigenvalue weighted by Gasteiger charge is 2.27. The number of amides is 1. The Morgan fingerprint density at radius 2 is 1.92 bits per heavy atom. The third kappa shape index (κ3) is 3.45. The van der Waals surface area contributed by atoms with Crippen molar-refractivity contribution in [3.05, 3.63) is 65.2 Å². The second-order valence-corrected chi connectivity index (χ2v) is 6.89. The van der Waals surface area contributed by atoms with Crippen LogP contribution in [0.1, 0.15) is 27.9 Å². The molecule has 5 nitrogen and oxygen atoms in total. The highest BCUT2D eigenvalue weighted by molar-refractivity contribution is 5.95. The van der Waals surface area contributed by atoms with Gasteiger partial charge in [0, 0.05) is 38.1 Å². The molecular formula is C21H24N2O3. The number of anilines is 1. The summed E-state index contributed by atoms with van der Waals surface area (Å²) in [5.74, 6) is -0.0579. The first-order chi connectivity index (χ1) is 12.7. The maximum absolute atomic E-state index is 12.7. The molecule has 1 N–H and O–H groups in total. The normalized spacial score (nSPS) is 22.1. The standard InChI is InChI=1S/C21H24N2O3/c1-25-20-14-26-10-9-19(20)22-21(24)15-7-4-8-18(11-15)23-12-16-5-2-3-6-17(16)13-23/h2-8,11,19-20H,9-10,12-14H2,1H3,(H,22,24)/t19-,20-/m1/s1. The van der Waals surface area contributed by atoms with E-state index in [4.69, 9.17) is 9.47 Å². The van der Waals surface area contributed by atoms with Gasteiger partial charge in [0.1, 0.15) is 6.10 Å². The maximum atomic E-state index is 12.7. The SMILES string of the molecule is CO[C@@H]1COCC[C@H]1NC(=O)c1cccc(N2Cc3ccccc3C2)c1. The summed E-state index contributed by atoms with van der Waals surface area (Å²) in [6.45, 7) is 2.93. The number of hydrogen-bond acceptors (Lipinski definition) is 4. The molecule has 2 aromatic carbocycles. The van der Waals surface area contributed by atoms with Gasteiger partial charge in [0.2, 0.25) is 0 Å². The van der Waals surface area contributed by atoms with Crippen LogP contribution in [0.15, 0.2) is 48.5 Å². The second kappa shape index (κ2) is 7.48. The largest absolute Gasteiger partial charge is 0.379 e. The molecule has 4 rings (SSSR count). The van der Waals surface area contributed by atoms with Crippen molar-refractivity contribution in [2.45, 2.75) is 31.7 Å². The summed E-state index contributed by atoms with van der Waals surface area (Å²) in [6, 6.07) is 16.3. The lowest BCUT2D eigenvalue weighted by Gasteiger charge is -2.31. The van der Waals surface area contributed by atoms with Gasteiger partial charge in [-0.1, -0.05) is 30.3 Å². The molecule has 0 aliphatic carbocycles. The second-order valence-electron chi connectivity index (χ2n) is 6.89. The van der Waals surface area contributed by atoms with Crippen molar-refractivity contribution in [2.75, 3.05) is 25.2 Å². The van der Waals surface area contributed by atoms with E-state index in [1.165, 1.54) is 11.1 Å². The molecule has 136 valence electrons. The predicted molar refractivity (Wildman–Crippen MR) is 100 cm³/mol. The molecule has 2 heterocycles. The monoisotopic (exact) mass is 352 g/mol. The van der Waals surface area contributed by atoms with Crippen molar-refractivity contribution in [2.24, 2.45) is 0 Å². The summed E-state index contributed by atoms with van der Waals surface area (Å²) < 4.78 is 10.9. The molecule has 2 aromatic rings. The van der Waals surface area contributed by atoms with E-state index in [-0.39, 0.29) is 18.1 Å². The molecule has 1 fully saturated rings. The lowest BCUT2D eigenvalue weighted by molar-refractivity contribution is -0.0479. The van der Waals surface area contributed by atoms with Crippen LogP contribution in [0.4, 0.5) is 5.69 Å². The van der Waals surface area contributed by atoms with Gasteiger partial charge in [0.25, 0.3) is 5.91 Å². The Bertz CT molecular complexity index is 767. The van der Waals surface area contributed by atoms with Gasteiger partial charge in [-0.25, -0.2) is 0 Å². The molecule has 1 amide bonds. The Balaban J connectivity index is 1.47. The maximum Gasteiger partial charge on any atom is 0.251 e. The fourth-order valence-electron chi connectivity index (χ4n) is 3.72. The Labute approximate surface area is 153 Å². The fraction of sp³-hybridized carbons (Fsp3) is 0.381. The molecule has 1 saturated heterocycles. The zero-order valence-corrected chi connectivity index (χ0v) is 15.0. The minimum absolute atomic E-state index is 0.0130. The fourth-order valence-corrected chi connectivity index (χ4v) is 3.72. The topological polar surface area (TPSA) is 50.8 Å². The van der Waals surface area contributed by atoms with E-state index in [1.807, 2.05) is 18.2 Å². The van der Waals surface area contributed by atoms with Crippen LogP contribution in [-0.2, 0) is 22.6 Å². The molecule has 0 spiro atoms. The number of nitrogens with zero attached hydrogens (tertiary/aromatic N) is 1. The van der Waals surface area contributed by atoms with E-state index >= 15 is 0 Å². The van der Waals surface area contributed by atoms with E-state index < -0.39 is 0 Å². The van der Waals surface area contributed by atoms with Crippen LogP contribution in [0.2, 0.25) is 0 Å². The third-order valence-corrected chi connectivity index (χ3v) is 5.24. The molecular weight excluding hydrogens is 328 g/mol. The van der Waals surface area contributed by atoms with Gasteiger partial charge in [0.05, 0.1) is 12.6 Å². The van der Waals surface area contributed by atoms with Crippen molar-refractivity contribution in [3.63, 3.8) is 0 Å². The van der Waals surface area contributed by atoms with E-state index in [0.29, 0.717) is 18.8 Å². The van der Waals surface area contributed by atoms with E-state index in [2.05, 4.69) is 40.5 Å². The highest BCUT2D eigenvalue weighted by Crippen LogP contribution is 2.28. The first-order valence-electron chi connectivity index (χ1n) is 9.08. The summed E-state index contributed by atoms with van der Waals surface area (Å²) in [5, 5.41) is 3.11. The van der Waals surface area contributed by atoms with Crippen molar-refractivity contribution < 1.29 is 14.3 Å². The van der Waals surface area contributed by atoms with Crippen LogP contribution in [0.25, 0.3) is 0 Å². The lowest BCUT2D eigenvalue weighted by Crippen LogP contribution is -2.49. The van der Waals surface area contributed by atoms with Crippen molar-refractivity contribution >= 4 is 11.6 Å². The summed E-state index contributed by atoms with van der Waals surface area (Å²) in [7, 11) is 1.66. The van der Waals surface area contributed by atoms with Crippen LogP contribution in [0.3, 0.4) is 0 Å².